The molecule has 3 nitrogen and oxygen atoms in total. The van der Waals surface area contributed by atoms with Gasteiger partial charge < -0.3 is 14.9 Å². The van der Waals surface area contributed by atoms with Gasteiger partial charge in [-0.2, -0.15) is 0 Å². The maximum Gasteiger partial charge on any atom is 0.0948 e. The molecule has 2 N–H and O–H groups in total. The van der Waals surface area contributed by atoms with Gasteiger partial charge >= 0.3 is 0 Å². The Kier molecular flexibility index (Phi) is 2.66. The lowest BCUT2D eigenvalue weighted by atomic mass is 9.50. The summed E-state index contributed by atoms with van der Waals surface area (Å²) < 4.78 is 5.78. The second-order valence-electron chi connectivity index (χ2n) is 7.71. The summed E-state index contributed by atoms with van der Waals surface area (Å²) >= 11 is 0. The Morgan fingerprint density at radius 2 is 1.72 bits per heavy atom. The lowest BCUT2D eigenvalue weighted by Crippen LogP contribution is -2.51. The Balaban J connectivity index is 1.83. The molecule has 0 radical (unpaired) electrons. The molecule has 3 fully saturated rings. The molecule has 0 aromatic carbocycles. The molecule has 18 heavy (non-hydrogen) atoms. The van der Waals surface area contributed by atoms with Crippen molar-refractivity contribution >= 4 is 0 Å². The third kappa shape index (κ3) is 1.83. The van der Waals surface area contributed by atoms with Crippen molar-refractivity contribution in [2.75, 3.05) is 6.61 Å². The summed E-state index contributed by atoms with van der Waals surface area (Å²) in [4.78, 5) is 0. The van der Waals surface area contributed by atoms with Crippen molar-refractivity contribution in [3.8, 4) is 0 Å². The molecule has 0 amide bonds. The molecule has 1 heterocycles. The summed E-state index contributed by atoms with van der Waals surface area (Å²) in [6.45, 7) is 7.30. The van der Waals surface area contributed by atoms with E-state index in [1.165, 1.54) is 6.42 Å². The van der Waals surface area contributed by atoms with Crippen molar-refractivity contribution in [1.82, 2.24) is 0 Å². The van der Waals surface area contributed by atoms with Crippen LogP contribution in [-0.4, -0.2) is 34.1 Å². The average molecular weight is 254 g/mol. The smallest absolute Gasteiger partial charge is 0.0948 e. The minimum atomic E-state index is -0.934. The van der Waals surface area contributed by atoms with E-state index >= 15 is 0 Å². The summed E-state index contributed by atoms with van der Waals surface area (Å²) in [6.07, 6.45) is 3.90. The first-order valence-corrected chi connectivity index (χ1v) is 7.31. The Bertz CT molecular complexity index is 344. The Labute approximate surface area is 110 Å². The Morgan fingerprint density at radius 3 is 2.28 bits per heavy atom. The van der Waals surface area contributed by atoms with Crippen LogP contribution < -0.4 is 0 Å². The van der Waals surface area contributed by atoms with Gasteiger partial charge in [-0.25, -0.2) is 0 Å². The van der Waals surface area contributed by atoms with E-state index in [1.807, 2.05) is 0 Å². The number of ether oxygens (including phenoxy) is 1. The van der Waals surface area contributed by atoms with E-state index in [1.54, 1.807) is 6.92 Å². The predicted octanol–water partition coefficient (Wildman–Crippen LogP) is 2.10. The number of aliphatic hydroxyl groups excluding tert-OH is 1. The zero-order valence-electron chi connectivity index (χ0n) is 11.8. The lowest BCUT2D eigenvalue weighted by Gasteiger charge is -2.54. The van der Waals surface area contributed by atoms with E-state index in [9.17, 15) is 10.2 Å². The van der Waals surface area contributed by atoms with Gasteiger partial charge in [-0.05, 0) is 56.3 Å². The molecule has 3 aliphatic rings. The highest BCUT2D eigenvalue weighted by Crippen LogP contribution is 2.62. The highest BCUT2D eigenvalue weighted by Gasteiger charge is 2.63. The van der Waals surface area contributed by atoms with E-state index in [0.29, 0.717) is 30.1 Å². The molecule has 2 aliphatic carbocycles. The fraction of sp³-hybridized carbons (Fsp3) is 1.00. The van der Waals surface area contributed by atoms with Gasteiger partial charge in [-0.15, -0.1) is 0 Å². The minimum Gasteiger partial charge on any atom is -0.390 e. The standard InChI is InChI=1S/C15H26O3/c1-13(2)8-11-10(13)4-6-14(3,17)12(16)5-7-15(11)9-18-15/h10-12,16-17H,4-9H2,1-3H3/t10-,11+,12-,14+,15+/m1/s1. The molecule has 104 valence electrons. The van der Waals surface area contributed by atoms with Crippen LogP contribution in [-0.2, 0) is 4.74 Å². The van der Waals surface area contributed by atoms with Crippen LogP contribution in [0.4, 0.5) is 0 Å². The summed E-state index contributed by atoms with van der Waals surface area (Å²) in [5.41, 5.74) is -0.521. The van der Waals surface area contributed by atoms with Gasteiger partial charge in [-0.3, -0.25) is 0 Å². The van der Waals surface area contributed by atoms with Crippen molar-refractivity contribution < 1.29 is 14.9 Å². The quantitative estimate of drug-likeness (QED) is 0.651. The van der Waals surface area contributed by atoms with Crippen molar-refractivity contribution in [1.29, 1.82) is 0 Å². The van der Waals surface area contributed by atoms with Crippen LogP contribution in [0.15, 0.2) is 0 Å². The van der Waals surface area contributed by atoms with E-state index < -0.39 is 11.7 Å². The van der Waals surface area contributed by atoms with Crippen LogP contribution in [0.3, 0.4) is 0 Å². The first-order valence-electron chi connectivity index (χ1n) is 7.31. The minimum absolute atomic E-state index is 0.0432. The lowest BCUT2D eigenvalue weighted by molar-refractivity contribution is -0.0853. The summed E-state index contributed by atoms with van der Waals surface area (Å²) in [5.74, 6) is 1.28. The maximum absolute atomic E-state index is 10.4. The molecule has 1 spiro atoms. The molecular formula is C15H26O3. The normalized spacial score (nSPS) is 54.8. The second-order valence-corrected chi connectivity index (χ2v) is 7.71. The topological polar surface area (TPSA) is 53.0 Å². The van der Waals surface area contributed by atoms with Crippen LogP contribution in [0, 0.1) is 17.3 Å². The van der Waals surface area contributed by atoms with Gasteiger partial charge in [0, 0.05) is 0 Å². The highest BCUT2D eigenvalue weighted by molar-refractivity contribution is 5.11. The van der Waals surface area contributed by atoms with Gasteiger partial charge in [0.25, 0.3) is 0 Å². The van der Waals surface area contributed by atoms with Gasteiger partial charge in [0.05, 0.1) is 23.9 Å². The summed E-state index contributed by atoms with van der Waals surface area (Å²) in [5, 5.41) is 20.5. The van der Waals surface area contributed by atoms with Crippen molar-refractivity contribution in [3.05, 3.63) is 0 Å². The zero-order chi connectivity index (χ0) is 13.2. The van der Waals surface area contributed by atoms with Crippen LogP contribution in [0.25, 0.3) is 0 Å². The molecule has 3 heteroatoms. The number of hydrogen-bond donors (Lipinski definition) is 2. The maximum atomic E-state index is 10.4. The van der Waals surface area contributed by atoms with Gasteiger partial charge in [-0.1, -0.05) is 13.8 Å². The fourth-order valence-corrected chi connectivity index (χ4v) is 4.33. The van der Waals surface area contributed by atoms with Gasteiger partial charge in [0.2, 0.25) is 0 Å². The first-order chi connectivity index (χ1) is 8.27. The van der Waals surface area contributed by atoms with E-state index in [-0.39, 0.29) is 5.60 Å². The molecule has 0 unspecified atom stereocenters. The molecular weight excluding hydrogens is 228 g/mol. The van der Waals surface area contributed by atoms with Crippen LogP contribution in [0.2, 0.25) is 0 Å². The van der Waals surface area contributed by atoms with E-state index in [4.69, 9.17) is 4.74 Å². The van der Waals surface area contributed by atoms with Crippen molar-refractivity contribution in [2.45, 2.75) is 70.2 Å². The Morgan fingerprint density at radius 1 is 1.06 bits per heavy atom. The van der Waals surface area contributed by atoms with Crippen LogP contribution in [0.1, 0.15) is 52.9 Å². The average Bonchev–Trinajstić information content (AvgIpc) is 3.02. The van der Waals surface area contributed by atoms with Crippen LogP contribution >= 0.6 is 0 Å². The third-order valence-electron chi connectivity index (χ3n) is 5.95. The largest absolute Gasteiger partial charge is 0.390 e. The Hall–Kier alpha value is -0.120. The summed E-state index contributed by atoms with van der Waals surface area (Å²) in [6, 6.07) is 0. The molecule has 1 saturated heterocycles. The number of aliphatic hydroxyl groups is 2. The number of fused-ring (bicyclic) bond motifs is 2. The molecule has 3 rings (SSSR count). The molecule has 1 aliphatic heterocycles. The van der Waals surface area contributed by atoms with Crippen LogP contribution in [0.5, 0.6) is 0 Å². The molecule has 2 saturated carbocycles. The first kappa shape index (κ1) is 12.9. The SMILES string of the molecule is CC1(C)C[C@H]2[C@H]1CC[C@](C)(O)[C@H](O)CC[C@]21CO1. The third-order valence-corrected chi connectivity index (χ3v) is 5.95. The molecule has 0 aromatic heterocycles. The number of rotatable bonds is 0. The van der Waals surface area contributed by atoms with Gasteiger partial charge in [0.1, 0.15) is 0 Å². The zero-order valence-corrected chi connectivity index (χ0v) is 11.8. The van der Waals surface area contributed by atoms with E-state index in [0.717, 1.165) is 19.4 Å². The predicted molar refractivity (Wildman–Crippen MR) is 69.2 cm³/mol. The second kappa shape index (κ2) is 3.71. The number of epoxide rings is 1. The molecule has 0 aromatic rings. The van der Waals surface area contributed by atoms with Gasteiger partial charge in [0.15, 0.2) is 0 Å². The highest BCUT2D eigenvalue weighted by atomic mass is 16.6. The van der Waals surface area contributed by atoms with E-state index in [2.05, 4.69) is 13.8 Å². The number of hydrogen-bond acceptors (Lipinski definition) is 3. The fourth-order valence-electron chi connectivity index (χ4n) is 4.33. The molecule has 5 atom stereocenters. The monoisotopic (exact) mass is 254 g/mol. The molecule has 0 bridgehead atoms. The van der Waals surface area contributed by atoms with Crippen molar-refractivity contribution in [3.63, 3.8) is 0 Å². The summed E-state index contributed by atoms with van der Waals surface area (Å²) in [7, 11) is 0. The van der Waals surface area contributed by atoms with Crippen molar-refractivity contribution in [2.24, 2.45) is 17.3 Å².